The Morgan fingerprint density at radius 1 is 1.19 bits per heavy atom. The zero-order valence-corrected chi connectivity index (χ0v) is 28.7. The van der Waals surface area contributed by atoms with E-state index in [0.29, 0.717) is 42.5 Å². The summed E-state index contributed by atoms with van der Waals surface area (Å²) in [4.78, 5) is 13.5. The molecule has 0 spiro atoms. The summed E-state index contributed by atoms with van der Waals surface area (Å²) >= 11 is 8.35. The highest BCUT2D eigenvalue weighted by Crippen LogP contribution is 2.37. The van der Waals surface area contributed by atoms with Crippen molar-refractivity contribution in [3.63, 3.8) is 0 Å². The van der Waals surface area contributed by atoms with Crippen molar-refractivity contribution in [2.75, 3.05) is 13.2 Å². The average molecular weight is 689 g/mol. The molecule has 0 saturated carbocycles. The number of fused-ring (bicyclic) bond motifs is 2. The molecule has 1 fully saturated rings. The highest BCUT2D eigenvalue weighted by Gasteiger charge is 2.24. The number of hydrazone groups is 1. The van der Waals surface area contributed by atoms with Crippen LogP contribution in [0.5, 0.6) is 5.75 Å². The molecule has 250 valence electrons. The fraction of sp³-hybridized carbons (Fsp3) is 0.306. The second-order valence-corrected chi connectivity index (χ2v) is 13.2. The maximum absolute atomic E-state index is 14.3. The summed E-state index contributed by atoms with van der Waals surface area (Å²) in [5, 5.41) is 24.1. The van der Waals surface area contributed by atoms with Crippen LogP contribution in [0.15, 0.2) is 64.2 Å². The molecule has 12 heteroatoms. The Balaban J connectivity index is 1.25. The fourth-order valence-corrected chi connectivity index (χ4v) is 7.63. The first-order valence-corrected chi connectivity index (χ1v) is 17.2. The van der Waals surface area contributed by atoms with E-state index in [1.165, 1.54) is 12.1 Å². The third-order valence-corrected chi connectivity index (χ3v) is 9.99. The third-order valence-electron chi connectivity index (χ3n) is 8.65. The Labute approximate surface area is 287 Å². The van der Waals surface area contributed by atoms with Gasteiger partial charge in [0.2, 0.25) is 0 Å². The van der Waals surface area contributed by atoms with Gasteiger partial charge in [-0.1, -0.05) is 17.7 Å². The average Bonchev–Trinajstić information content (AvgIpc) is 3.74. The van der Waals surface area contributed by atoms with Gasteiger partial charge in [0, 0.05) is 76.8 Å². The molecule has 5 aromatic rings. The number of allylic oxidation sites excluding steroid dienone is 1. The lowest BCUT2D eigenvalue weighted by Crippen LogP contribution is -2.10. The Bertz CT molecular complexity index is 2070. The number of hydrogen-bond donors (Lipinski definition) is 2. The normalized spacial score (nSPS) is 14.4. The number of carboxylic acid groups (broad SMARTS) is 1. The summed E-state index contributed by atoms with van der Waals surface area (Å²) in [6, 6.07) is 14.3. The first kappa shape index (κ1) is 33.6. The van der Waals surface area contributed by atoms with Crippen LogP contribution in [0.1, 0.15) is 59.2 Å². The molecule has 9 nitrogen and oxygen atoms in total. The lowest BCUT2D eigenvalue weighted by Gasteiger charge is -2.14. The van der Waals surface area contributed by atoms with Crippen LogP contribution in [0.3, 0.4) is 0 Å². The third kappa shape index (κ3) is 6.80. The van der Waals surface area contributed by atoms with Gasteiger partial charge < -0.3 is 20.1 Å². The first-order valence-electron chi connectivity index (χ1n) is 15.9. The van der Waals surface area contributed by atoms with Crippen LogP contribution in [0.25, 0.3) is 27.8 Å². The van der Waals surface area contributed by atoms with Gasteiger partial charge in [-0.05, 0) is 92.1 Å². The molecule has 0 aliphatic carbocycles. The minimum Gasteiger partial charge on any atom is -0.493 e. The van der Waals surface area contributed by atoms with E-state index in [4.69, 9.17) is 22.1 Å². The van der Waals surface area contributed by atoms with Crippen molar-refractivity contribution in [2.45, 2.75) is 49.8 Å². The molecule has 0 amide bonds. The molecule has 1 aliphatic rings. The predicted molar refractivity (Wildman–Crippen MR) is 191 cm³/mol. The SMILES string of the molecule is C/C=N/N1CCC/C1=C\c1c(Cl)ccc2c(CCCOc3cc(SCc4cc(CN)nn4C)cc4cc(F)ccc34)c(C(=O)O)n(C)c12. The molecule has 3 heterocycles. The van der Waals surface area contributed by atoms with E-state index in [1.807, 2.05) is 60.1 Å². The molecule has 1 aliphatic heterocycles. The van der Waals surface area contributed by atoms with Crippen molar-refractivity contribution in [3.05, 3.63) is 93.3 Å². The van der Waals surface area contributed by atoms with Gasteiger partial charge in [0.05, 0.1) is 17.8 Å². The van der Waals surface area contributed by atoms with Crippen molar-refractivity contribution in [1.29, 1.82) is 0 Å². The molecule has 48 heavy (non-hydrogen) atoms. The van der Waals surface area contributed by atoms with Gasteiger partial charge in [-0.15, -0.1) is 11.8 Å². The molecule has 0 radical (unpaired) electrons. The molecule has 0 bridgehead atoms. The van der Waals surface area contributed by atoms with Gasteiger partial charge in [-0.25, -0.2) is 9.18 Å². The van der Waals surface area contributed by atoms with Gasteiger partial charge in [-0.3, -0.25) is 9.69 Å². The molecule has 1 saturated heterocycles. The van der Waals surface area contributed by atoms with Crippen molar-refractivity contribution < 1.29 is 19.0 Å². The van der Waals surface area contributed by atoms with Crippen LogP contribution in [0.2, 0.25) is 5.02 Å². The molecule has 3 aromatic carbocycles. The maximum Gasteiger partial charge on any atom is 0.352 e. The number of rotatable bonds is 12. The number of ether oxygens (including phenoxy) is 1. The number of carboxylic acids is 1. The van der Waals surface area contributed by atoms with E-state index in [9.17, 15) is 14.3 Å². The quantitative estimate of drug-likeness (QED) is 0.0783. The summed E-state index contributed by atoms with van der Waals surface area (Å²) in [6.45, 7) is 3.43. The molecule has 3 N–H and O–H groups in total. The van der Waals surface area contributed by atoms with E-state index in [-0.39, 0.29) is 11.5 Å². The zero-order valence-electron chi connectivity index (χ0n) is 27.2. The molecule has 2 aromatic heterocycles. The van der Waals surface area contributed by atoms with Crippen molar-refractivity contribution in [2.24, 2.45) is 24.9 Å². The van der Waals surface area contributed by atoms with Crippen LogP contribution in [0.4, 0.5) is 4.39 Å². The first-order chi connectivity index (χ1) is 23.2. The Kier molecular flexibility index (Phi) is 10.1. The number of nitrogens with two attached hydrogens (primary N) is 1. The highest BCUT2D eigenvalue weighted by molar-refractivity contribution is 7.98. The number of halogens is 2. The van der Waals surface area contributed by atoms with Crippen molar-refractivity contribution in [1.82, 2.24) is 19.4 Å². The molecule has 0 unspecified atom stereocenters. The standard InChI is InChI=1S/C36H38ClFN6O3S/c1-4-40-44-13-5-7-25(44)18-31-32(37)12-11-30-29(35(36(45)46)42(2)34(30)31)8-6-14-47-33-19-27(16-22-15-23(38)9-10-28(22)33)48-21-26-17-24(20-39)41-43(26)3/h4,9-12,15-19H,5-8,13-14,20-21,39H2,1-3H3,(H,45,46)/b25-18+,40-4+. The fourth-order valence-electron chi connectivity index (χ4n) is 6.44. The molecular formula is C36H38ClFN6O3S. The summed E-state index contributed by atoms with van der Waals surface area (Å²) in [5.41, 5.74) is 11.2. The van der Waals surface area contributed by atoms with Crippen LogP contribution in [-0.2, 0) is 32.8 Å². The number of nitrogens with zero attached hydrogens (tertiary/aromatic N) is 5. The smallest absolute Gasteiger partial charge is 0.352 e. The monoisotopic (exact) mass is 688 g/mol. The predicted octanol–water partition coefficient (Wildman–Crippen LogP) is 7.76. The molecule has 0 atom stereocenters. The highest BCUT2D eigenvalue weighted by atomic mass is 35.5. The van der Waals surface area contributed by atoms with Crippen molar-refractivity contribution >= 4 is 63.3 Å². The summed E-state index contributed by atoms with van der Waals surface area (Å²) in [6.07, 6.45) is 6.70. The summed E-state index contributed by atoms with van der Waals surface area (Å²) in [7, 11) is 3.67. The van der Waals surface area contributed by atoms with E-state index >= 15 is 0 Å². The van der Waals surface area contributed by atoms with Gasteiger partial charge in [0.1, 0.15) is 17.3 Å². The number of aromatic carboxylic acids is 1. The Hall–Kier alpha value is -4.32. The van der Waals surface area contributed by atoms with Crippen LogP contribution in [0, 0.1) is 5.82 Å². The van der Waals surface area contributed by atoms with Crippen LogP contribution >= 0.6 is 23.4 Å². The Morgan fingerprint density at radius 2 is 2.00 bits per heavy atom. The number of thioether (sulfide) groups is 1. The molecule has 6 rings (SSSR count). The van der Waals surface area contributed by atoms with Gasteiger partial charge in [0.15, 0.2) is 0 Å². The number of benzene rings is 3. The van der Waals surface area contributed by atoms with Gasteiger partial charge in [0.25, 0.3) is 0 Å². The van der Waals surface area contributed by atoms with Crippen LogP contribution in [-0.4, -0.2) is 49.8 Å². The lowest BCUT2D eigenvalue weighted by molar-refractivity contribution is 0.0685. The van der Waals surface area contributed by atoms with E-state index < -0.39 is 5.97 Å². The molecular weight excluding hydrogens is 651 g/mol. The second-order valence-electron chi connectivity index (χ2n) is 11.8. The zero-order chi connectivity index (χ0) is 33.9. The number of aromatic nitrogens is 3. The number of hydrogen-bond acceptors (Lipinski definition) is 7. The van der Waals surface area contributed by atoms with E-state index in [2.05, 4.69) is 10.2 Å². The number of aryl methyl sites for hydroxylation is 3. The minimum atomic E-state index is -0.998. The summed E-state index contributed by atoms with van der Waals surface area (Å²) in [5.74, 6) is -0.00594. The van der Waals surface area contributed by atoms with Crippen molar-refractivity contribution in [3.8, 4) is 5.75 Å². The number of carbonyl (C=O) groups is 1. The van der Waals surface area contributed by atoms with E-state index in [1.54, 1.807) is 35.7 Å². The Morgan fingerprint density at radius 3 is 2.75 bits per heavy atom. The van der Waals surface area contributed by atoms with Crippen LogP contribution < -0.4 is 10.5 Å². The largest absolute Gasteiger partial charge is 0.493 e. The summed E-state index contributed by atoms with van der Waals surface area (Å²) < 4.78 is 24.1. The van der Waals surface area contributed by atoms with E-state index in [0.717, 1.165) is 74.2 Å². The maximum atomic E-state index is 14.3. The lowest BCUT2D eigenvalue weighted by atomic mass is 10.0. The minimum absolute atomic E-state index is 0.231. The van der Waals surface area contributed by atoms with Gasteiger partial charge >= 0.3 is 5.97 Å². The van der Waals surface area contributed by atoms with Gasteiger partial charge in [-0.2, -0.15) is 10.2 Å². The topological polar surface area (TPSA) is 111 Å². The second kappa shape index (κ2) is 14.4.